The molecule has 2 aromatic rings. The average Bonchev–Trinajstić information content (AvgIpc) is 3.02. The Morgan fingerprint density at radius 2 is 1.88 bits per heavy atom. The van der Waals surface area contributed by atoms with Crippen molar-refractivity contribution in [2.45, 2.75) is 6.42 Å². The molecule has 0 unspecified atom stereocenters. The predicted molar refractivity (Wildman–Crippen MR) is 106 cm³/mol. The normalized spacial score (nSPS) is 13.8. The van der Waals surface area contributed by atoms with Gasteiger partial charge in [-0.05, 0) is 42.5 Å². The van der Waals surface area contributed by atoms with Crippen molar-refractivity contribution in [3.8, 4) is 11.5 Å². The van der Waals surface area contributed by atoms with E-state index < -0.39 is 0 Å². The molecular formula is C18H16Cl2N2O3S. The smallest absolute Gasteiger partial charge is 0.281 e. The second-order valence-corrected chi connectivity index (χ2v) is 7.52. The van der Waals surface area contributed by atoms with Gasteiger partial charge in [-0.2, -0.15) is 0 Å². The standard InChI is InChI=1S/C18H16Cl2N2O3S/c19-12-1-4-14(5-2-12)25-16-6-3-13(20)11-15(16)21-17(23)7-8-22-9-10-26-18(22)24/h1-6,11H,7-10H2,(H,21,23). The monoisotopic (exact) mass is 410 g/mol. The Hall–Kier alpha value is -1.89. The number of thioether (sulfide) groups is 1. The molecule has 5 nitrogen and oxygen atoms in total. The SMILES string of the molecule is O=C(CCN1CCSC1=O)Nc1cc(Cl)ccc1Oc1ccc(Cl)cc1. The molecule has 1 fully saturated rings. The van der Waals surface area contributed by atoms with E-state index in [-0.39, 0.29) is 17.6 Å². The number of carbonyl (C=O) groups excluding carboxylic acids is 2. The van der Waals surface area contributed by atoms with E-state index in [0.717, 1.165) is 5.75 Å². The predicted octanol–water partition coefficient (Wildman–Crippen LogP) is 5.28. The van der Waals surface area contributed by atoms with Crippen molar-refractivity contribution in [2.24, 2.45) is 0 Å². The number of hydrogen-bond acceptors (Lipinski definition) is 4. The minimum atomic E-state index is -0.210. The van der Waals surface area contributed by atoms with Gasteiger partial charge in [0.05, 0.1) is 5.69 Å². The molecule has 0 bridgehead atoms. The van der Waals surface area contributed by atoms with Crippen LogP contribution in [0.25, 0.3) is 0 Å². The molecule has 0 radical (unpaired) electrons. The molecule has 0 spiro atoms. The van der Waals surface area contributed by atoms with Crippen LogP contribution in [0.5, 0.6) is 11.5 Å². The van der Waals surface area contributed by atoms with Crippen LogP contribution < -0.4 is 10.1 Å². The Labute approximate surface area is 165 Å². The summed E-state index contributed by atoms with van der Waals surface area (Å²) in [5, 5.41) is 3.91. The zero-order valence-corrected chi connectivity index (χ0v) is 16.0. The highest BCUT2D eigenvalue weighted by molar-refractivity contribution is 8.13. The van der Waals surface area contributed by atoms with E-state index >= 15 is 0 Å². The summed E-state index contributed by atoms with van der Waals surface area (Å²) in [6, 6.07) is 11.9. The number of rotatable bonds is 6. The van der Waals surface area contributed by atoms with Crippen molar-refractivity contribution < 1.29 is 14.3 Å². The third-order valence-corrected chi connectivity index (χ3v) is 5.09. The van der Waals surface area contributed by atoms with Crippen molar-refractivity contribution in [3.05, 3.63) is 52.5 Å². The molecule has 1 saturated heterocycles. The van der Waals surface area contributed by atoms with E-state index in [1.165, 1.54) is 11.8 Å². The molecule has 26 heavy (non-hydrogen) atoms. The maximum Gasteiger partial charge on any atom is 0.281 e. The Bertz CT molecular complexity index is 815. The van der Waals surface area contributed by atoms with Crippen molar-refractivity contribution >= 4 is 51.8 Å². The third kappa shape index (κ3) is 5.06. The molecule has 1 aliphatic rings. The molecule has 2 aromatic carbocycles. The summed E-state index contributed by atoms with van der Waals surface area (Å²) in [5.74, 6) is 1.62. The van der Waals surface area contributed by atoms with Gasteiger partial charge in [0.25, 0.3) is 5.24 Å². The second-order valence-electron chi connectivity index (χ2n) is 5.60. The van der Waals surface area contributed by atoms with Gasteiger partial charge in [-0.25, -0.2) is 0 Å². The van der Waals surface area contributed by atoms with Gasteiger partial charge in [0.2, 0.25) is 5.91 Å². The lowest BCUT2D eigenvalue weighted by atomic mass is 10.2. The first-order valence-electron chi connectivity index (χ1n) is 7.96. The zero-order chi connectivity index (χ0) is 18.5. The summed E-state index contributed by atoms with van der Waals surface area (Å²) in [6.45, 7) is 1.07. The summed E-state index contributed by atoms with van der Waals surface area (Å²) in [6.07, 6.45) is 0.208. The summed E-state index contributed by atoms with van der Waals surface area (Å²) in [4.78, 5) is 25.5. The van der Waals surface area contributed by atoms with Crippen molar-refractivity contribution in [1.29, 1.82) is 0 Å². The number of nitrogens with one attached hydrogen (secondary N) is 1. The first-order chi connectivity index (χ1) is 12.5. The van der Waals surface area contributed by atoms with Crippen LogP contribution in [0.1, 0.15) is 6.42 Å². The topological polar surface area (TPSA) is 58.6 Å². The molecule has 136 valence electrons. The highest BCUT2D eigenvalue weighted by Crippen LogP contribution is 2.32. The number of amides is 2. The number of carbonyl (C=O) groups is 2. The Morgan fingerprint density at radius 3 is 2.58 bits per heavy atom. The van der Waals surface area contributed by atoms with E-state index in [4.69, 9.17) is 27.9 Å². The van der Waals surface area contributed by atoms with Crippen LogP contribution in [-0.2, 0) is 4.79 Å². The summed E-state index contributed by atoms with van der Waals surface area (Å²) < 4.78 is 5.82. The van der Waals surface area contributed by atoms with Crippen LogP contribution >= 0.6 is 35.0 Å². The molecule has 0 saturated carbocycles. The average molecular weight is 411 g/mol. The lowest BCUT2D eigenvalue weighted by molar-refractivity contribution is -0.116. The Morgan fingerprint density at radius 1 is 1.15 bits per heavy atom. The van der Waals surface area contributed by atoms with Crippen molar-refractivity contribution in [2.75, 3.05) is 24.2 Å². The molecule has 1 heterocycles. The number of halogens is 2. The molecule has 0 atom stereocenters. The van der Waals surface area contributed by atoms with Gasteiger partial charge in [0.15, 0.2) is 5.75 Å². The summed E-state index contributed by atoms with van der Waals surface area (Å²) in [7, 11) is 0. The minimum Gasteiger partial charge on any atom is -0.455 e. The van der Waals surface area contributed by atoms with Gasteiger partial charge in [-0.1, -0.05) is 35.0 Å². The van der Waals surface area contributed by atoms with Crippen LogP contribution in [-0.4, -0.2) is 34.9 Å². The minimum absolute atomic E-state index is 0.0207. The van der Waals surface area contributed by atoms with Gasteiger partial charge in [0, 0.05) is 35.3 Å². The molecule has 3 rings (SSSR count). The Kier molecular flexibility index (Phi) is 6.29. The second kappa shape index (κ2) is 8.66. The summed E-state index contributed by atoms with van der Waals surface area (Å²) in [5.41, 5.74) is 0.472. The van der Waals surface area contributed by atoms with Gasteiger partial charge in [-0.15, -0.1) is 0 Å². The van der Waals surface area contributed by atoms with Crippen LogP contribution in [0.3, 0.4) is 0 Å². The van der Waals surface area contributed by atoms with Crippen molar-refractivity contribution in [3.63, 3.8) is 0 Å². The fourth-order valence-electron chi connectivity index (χ4n) is 2.40. The van der Waals surface area contributed by atoms with Gasteiger partial charge >= 0.3 is 0 Å². The molecule has 8 heteroatoms. The first kappa shape index (κ1) is 18.9. The molecular weight excluding hydrogens is 395 g/mol. The fraction of sp³-hybridized carbons (Fsp3) is 0.222. The first-order valence-corrected chi connectivity index (χ1v) is 9.70. The van der Waals surface area contributed by atoms with Crippen LogP contribution in [0.2, 0.25) is 10.0 Å². The lowest BCUT2D eigenvalue weighted by Crippen LogP contribution is -2.27. The van der Waals surface area contributed by atoms with Gasteiger partial charge in [-0.3, -0.25) is 9.59 Å². The molecule has 0 aliphatic carbocycles. The van der Waals surface area contributed by atoms with Gasteiger partial charge in [0.1, 0.15) is 5.75 Å². The van der Waals surface area contributed by atoms with E-state index in [0.29, 0.717) is 40.3 Å². The van der Waals surface area contributed by atoms with E-state index in [1.54, 1.807) is 47.4 Å². The summed E-state index contributed by atoms with van der Waals surface area (Å²) >= 11 is 13.2. The molecule has 1 N–H and O–H groups in total. The molecule has 2 amide bonds. The number of hydrogen-bond donors (Lipinski definition) is 1. The number of anilines is 1. The van der Waals surface area contributed by atoms with Crippen LogP contribution in [0, 0.1) is 0 Å². The molecule has 1 aliphatic heterocycles. The van der Waals surface area contributed by atoms with Crippen LogP contribution in [0.4, 0.5) is 10.5 Å². The third-order valence-electron chi connectivity index (χ3n) is 3.71. The number of benzene rings is 2. The maximum absolute atomic E-state index is 12.3. The quantitative estimate of drug-likeness (QED) is 0.703. The highest BCUT2D eigenvalue weighted by atomic mass is 35.5. The lowest BCUT2D eigenvalue weighted by Gasteiger charge is -2.15. The van der Waals surface area contributed by atoms with E-state index in [1.807, 2.05) is 0 Å². The van der Waals surface area contributed by atoms with E-state index in [9.17, 15) is 9.59 Å². The highest BCUT2D eigenvalue weighted by Gasteiger charge is 2.21. The largest absolute Gasteiger partial charge is 0.455 e. The number of ether oxygens (including phenoxy) is 1. The van der Waals surface area contributed by atoms with E-state index in [2.05, 4.69) is 5.32 Å². The van der Waals surface area contributed by atoms with Crippen molar-refractivity contribution in [1.82, 2.24) is 4.90 Å². The fourth-order valence-corrected chi connectivity index (χ4v) is 3.55. The Balaban J connectivity index is 1.66. The van der Waals surface area contributed by atoms with Crippen LogP contribution in [0.15, 0.2) is 42.5 Å². The maximum atomic E-state index is 12.3. The van der Waals surface area contributed by atoms with Gasteiger partial charge < -0.3 is 15.0 Å². The molecule has 0 aromatic heterocycles. The number of nitrogens with zero attached hydrogens (tertiary/aromatic N) is 1. The zero-order valence-electron chi connectivity index (χ0n) is 13.7.